The van der Waals surface area contributed by atoms with E-state index < -0.39 is 35.3 Å². The third-order valence-electron chi connectivity index (χ3n) is 3.03. The molecule has 118 valence electrons. The van der Waals surface area contributed by atoms with Crippen LogP contribution < -0.4 is 10.1 Å². The van der Waals surface area contributed by atoms with Crippen molar-refractivity contribution in [2.24, 2.45) is 0 Å². The lowest BCUT2D eigenvalue weighted by atomic mass is 10.1. The molecule has 0 aliphatic rings. The van der Waals surface area contributed by atoms with E-state index in [4.69, 9.17) is 4.74 Å². The van der Waals surface area contributed by atoms with E-state index >= 15 is 0 Å². The fourth-order valence-corrected chi connectivity index (χ4v) is 1.95. The smallest absolute Gasteiger partial charge is 0.253 e. The summed E-state index contributed by atoms with van der Waals surface area (Å²) in [5.74, 6) is -5.94. The quantitative estimate of drug-likeness (QED) is 0.663. The summed E-state index contributed by atoms with van der Waals surface area (Å²) >= 11 is 0. The molecule has 2 aromatic rings. The molecule has 0 fully saturated rings. The largest absolute Gasteiger partial charge is 0.494 e. The van der Waals surface area contributed by atoms with Crippen molar-refractivity contribution in [1.82, 2.24) is 4.98 Å². The minimum atomic E-state index is -1.70. The molecule has 0 saturated carbocycles. The standard InChI is InChI=1S/C15H14F4N2O/c1-3-22-10-6-4-5-9(7-10)8(2)20-13-11(16)14(18)21-15(19)12(13)17/h4-8H,3H2,1-2H3,(H,20,21). The lowest BCUT2D eigenvalue weighted by Crippen LogP contribution is -2.13. The minimum absolute atomic E-state index is 0.468. The number of benzene rings is 1. The zero-order valence-electron chi connectivity index (χ0n) is 12.0. The third-order valence-corrected chi connectivity index (χ3v) is 3.03. The van der Waals surface area contributed by atoms with E-state index in [1.165, 1.54) is 0 Å². The Labute approximate surface area is 124 Å². The highest BCUT2D eigenvalue weighted by Gasteiger charge is 2.22. The van der Waals surface area contributed by atoms with Crippen LogP contribution in [0.3, 0.4) is 0 Å². The average molecular weight is 314 g/mol. The first-order valence-electron chi connectivity index (χ1n) is 6.63. The Kier molecular flexibility index (Phi) is 4.85. The van der Waals surface area contributed by atoms with Gasteiger partial charge in [-0.2, -0.15) is 22.5 Å². The van der Waals surface area contributed by atoms with Gasteiger partial charge in [-0.3, -0.25) is 0 Å². The highest BCUT2D eigenvalue weighted by molar-refractivity contribution is 5.48. The minimum Gasteiger partial charge on any atom is -0.494 e. The highest BCUT2D eigenvalue weighted by Crippen LogP contribution is 2.27. The van der Waals surface area contributed by atoms with Crippen LogP contribution in [0.15, 0.2) is 24.3 Å². The van der Waals surface area contributed by atoms with Gasteiger partial charge in [-0.1, -0.05) is 12.1 Å². The first-order valence-corrected chi connectivity index (χ1v) is 6.63. The lowest BCUT2D eigenvalue weighted by molar-refractivity contribution is 0.340. The molecule has 0 aliphatic heterocycles. The zero-order chi connectivity index (χ0) is 16.3. The SMILES string of the molecule is CCOc1cccc(C(C)Nc2c(F)c(F)nc(F)c2F)c1. The number of rotatable bonds is 5. The summed E-state index contributed by atoms with van der Waals surface area (Å²) in [7, 11) is 0. The van der Waals surface area contributed by atoms with Gasteiger partial charge in [0.05, 0.1) is 6.61 Å². The fourth-order valence-electron chi connectivity index (χ4n) is 1.95. The molecule has 0 aliphatic carbocycles. The fraction of sp³-hybridized carbons (Fsp3) is 0.267. The first kappa shape index (κ1) is 16.1. The molecule has 3 nitrogen and oxygen atoms in total. The van der Waals surface area contributed by atoms with Crippen molar-refractivity contribution in [3.8, 4) is 5.75 Å². The molecule has 0 saturated heterocycles. The Balaban J connectivity index is 2.29. The number of halogens is 4. The molecule has 1 aromatic carbocycles. The summed E-state index contributed by atoms with van der Waals surface area (Å²) in [5.41, 5.74) is -0.248. The van der Waals surface area contributed by atoms with E-state index in [1.807, 2.05) is 6.92 Å². The van der Waals surface area contributed by atoms with Crippen molar-refractivity contribution in [3.63, 3.8) is 0 Å². The molecule has 1 atom stereocenters. The second-order valence-electron chi connectivity index (χ2n) is 4.57. The number of pyridine rings is 1. The Bertz CT molecular complexity index is 653. The molecule has 1 aromatic heterocycles. The van der Waals surface area contributed by atoms with E-state index in [0.717, 1.165) is 0 Å². The second kappa shape index (κ2) is 6.64. The van der Waals surface area contributed by atoms with Crippen LogP contribution in [-0.2, 0) is 0 Å². The molecule has 0 amide bonds. The summed E-state index contributed by atoms with van der Waals surface area (Å²) in [6.07, 6.45) is 0. The molecule has 7 heteroatoms. The van der Waals surface area contributed by atoms with Crippen LogP contribution in [0.1, 0.15) is 25.5 Å². The molecular weight excluding hydrogens is 300 g/mol. The summed E-state index contributed by atoms with van der Waals surface area (Å²) in [6.45, 7) is 3.89. The maximum Gasteiger partial charge on any atom is 0.253 e. The van der Waals surface area contributed by atoms with Crippen molar-refractivity contribution in [1.29, 1.82) is 0 Å². The van der Waals surface area contributed by atoms with Gasteiger partial charge in [0.2, 0.25) is 11.6 Å². The Morgan fingerprint density at radius 3 is 2.36 bits per heavy atom. The van der Waals surface area contributed by atoms with Crippen molar-refractivity contribution >= 4 is 5.69 Å². The maximum absolute atomic E-state index is 13.6. The zero-order valence-corrected chi connectivity index (χ0v) is 12.0. The van der Waals surface area contributed by atoms with Crippen LogP contribution in [0.2, 0.25) is 0 Å². The molecule has 0 radical (unpaired) electrons. The number of ether oxygens (including phenoxy) is 1. The van der Waals surface area contributed by atoms with Gasteiger partial charge in [-0.25, -0.2) is 0 Å². The van der Waals surface area contributed by atoms with Gasteiger partial charge >= 0.3 is 0 Å². The van der Waals surface area contributed by atoms with Crippen LogP contribution in [0.4, 0.5) is 23.2 Å². The molecule has 1 N–H and O–H groups in total. The number of anilines is 1. The van der Waals surface area contributed by atoms with Crippen LogP contribution >= 0.6 is 0 Å². The number of hydrogen-bond acceptors (Lipinski definition) is 3. The lowest BCUT2D eigenvalue weighted by Gasteiger charge is -2.17. The van der Waals surface area contributed by atoms with Gasteiger partial charge in [0.1, 0.15) is 11.4 Å². The number of nitrogens with one attached hydrogen (secondary N) is 1. The maximum atomic E-state index is 13.6. The third kappa shape index (κ3) is 3.29. The molecule has 2 rings (SSSR count). The molecule has 0 bridgehead atoms. The Hall–Kier alpha value is -2.31. The predicted molar refractivity (Wildman–Crippen MR) is 73.7 cm³/mol. The van der Waals surface area contributed by atoms with Gasteiger partial charge < -0.3 is 10.1 Å². The number of aromatic nitrogens is 1. The summed E-state index contributed by atoms with van der Waals surface area (Å²) in [5, 5.41) is 2.42. The van der Waals surface area contributed by atoms with Gasteiger partial charge in [-0.05, 0) is 31.5 Å². The average Bonchev–Trinajstić information content (AvgIpc) is 2.50. The normalized spacial score (nSPS) is 12.1. The van der Waals surface area contributed by atoms with Crippen LogP contribution in [0.5, 0.6) is 5.75 Å². The second-order valence-corrected chi connectivity index (χ2v) is 4.57. The monoisotopic (exact) mass is 314 g/mol. The van der Waals surface area contributed by atoms with Gasteiger partial charge in [-0.15, -0.1) is 0 Å². The Morgan fingerprint density at radius 1 is 1.14 bits per heavy atom. The number of hydrogen-bond donors (Lipinski definition) is 1. The Morgan fingerprint density at radius 2 is 1.77 bits per heavy atom. The van der Waals surface area contributed by atoms with Crippen LogP contribution in [-0.4, -0.2) is 11.6 Å². The molecule has 22 heavy (non-hydrogen) atoms. The summed E-state index contributed by atoms with van der Waals surface area (Å²) in [6, 6.07) is 6.20. The van der Waals surface area contributed by atoms with Crippen molar-refractivity contribution in [2.45, 2.75) is 19.9 Å². The van der Waals surface area contributed by atoms with Crippen molar-refractivity contribution < 1.29 is 22.3 Å². The summed E-state index contributed by atoms with van der Waals surface area (Å²) in [4.78, 5) is 2.51. The van der Waals surface area contributed by atoms with Crippen molar-refractivity contribution in [2.75, 3.05) is 11.9 Å². The summed E-state index contributed by atoms with van der Waals surface area (Å²) < 4.78 is 58.7. The van der Waals surface area contributed by atoms with E-state index in [2.05, 4.69) is 10.3 Å². The molecule has 1 unspecified atom stereocenters. The van der Waals surface area contributed by atoms with Gasteiger partial charge in [0.25, 0.3) is 11.9 Å². The van der Waals surface area contributed by atoms with E-state index in [1.54, 1.807) is 31.2 Å². The molecule has 0 spiro atoms. The van der Waals surface area contributed by atoms with Gasteiger partial charge in [0, 0.05) is 6.04 Å². The molecule has 1 heterocycles. The van der Waals surface area contributed by atoms with E-state index in [9.17, 15) is 17.6 Å². The van der Waals surface area contributed by atoms with Crippen LogP contribution in [0, 0.1) is 23.5 Å². The van der Waals surface area contributed by atoms with Gasteiger partial charge in [0.15, 0.2) is 0 Å². The van der Waals surface area contributed by atoms with Crippen LogP contribution in [0.25, 0.3) is 0 Å². The topological polar surface area (TPSA) is 34.1 Å². The van der Waals surface area contributed by atoms with E-state index in [-0.39, 0.29) is 0 Å². The molecular formula is C15H14F4N2O. The highest BCUT2D eigenvalue weighted by atomic mass is 19.2. The predicted octanol–water partition coefficient (Wildman–Crippen LogP) is 4.21. The first-order chi connectivity index (χ1) is 10.4. The number of nitrogens with zero attached hydrogens (tertiary/aromatic N) is 1. The van der Waals surface area contributed by atoms with Crippen molar-refractivity contribution in [3.05, 3.63) is 53.4 Å². The van der Waals surface area contributed by atoms with E-state index in [0.29, 0.717) is 17.9 Å².